The van der Waals surface area contributed by atoms with Gasteiger partial charge in [0.25, 0.3) is 11.5 Å². The summed E-state index contributed by atoms with van der Waals surface area (Å²) >= 11 is 0. The van der Waals surface area contributed by atoms with Crippen LogP contribution in [0.2, 0.25) is 0 Å². The zero-order chi connectivity index (χ0) is 22.5. The summed E-state index contributed by atoms with van der Waals surface area (Å²) < 4.78 is 5.10. The van der Waals surface area contributed by atoms with Crippen molar-refractivity contribution in [2.45, 2.75) is 6.54 Å². The first kappa shape index (κ1) is 20.8. The number of pyridine rings is 1. The van der Waals surface area contributed by atoms with Gasteiger partial charge in [-0.25, -0.2) is 4.98 Å². The fourth-order valence-electron chi connectivity index (χ4n) is 3.10. The predicted molar refractivity (Wildman–Crippen MR) is 121 cm³/mol. The molecule has 0 aliphatic carbocycles. The second-order valence-electron chi connectivity index (χ2n) is 6.98. The topological polar surface area (TPSA) is 117 Å². The molecule has 0 bridgehead atoms. The Morgan fingerprint density at radius 3 is 2.53 bits per heavy atom. The van der Waals surface area contributed by atoms with Gasteiger partial charge in [-0.2, -0.15) is 0 Å². The van der Waals surface area contributed by atoms with Gasteiger partial charge in [-0.3, -0.25) is 14.6 Å². The lowest BCUT2D eigenvalue weighted by molar-refractivity contribution is 0.0951. The molecule has 0 fully saturated rings. The van der Waals surface area contributed by atoms with Crippen LogP contribution in [0.3, 0.4) is 0 Å². The van der Waals surface area contributed by atoms with Gasteiger partial charge < -0.3 is 20.1 Å². The number of ether oxygens (including phenoxy) is 1. The standard InChI is InChI=1S/C24H20N4O4/c1-32-18-5-2-16(3-6-18)22(29)13-21-24(31)28-20-12-17(4-7-19(20)27-21)23(30)26-14-15-8-10-25-11-9-15/h2-13,29H,14H2,1H3,(H,26,30)(H,28,31)/b22-13-. The number of hydrogen-bond donors (Lipinski definition) is 3. The van der Waals surface area contributed by atoms with E-state index in [1.165, 1.54) is 6.08 Å². The summed E-state index contributed by atoms with van der Waals surface area (Å²) in [6.45, 7) is 0.364. The summed E-state index contributed by atoms with van der Waals surface area (Å²) in [5.74, 6) is 0.284. The molecule has 2 aromatic heterocycles. The van der Waals surface area contributed by atoms with E-state index in [1.807, 2.05) is 12.1 Å². The third-order valence-corrected chi connectivity index (χ3v) is 4.84. The Balaban J connectivity index is 1.56. The summed E-state index contributed by atoms with van der Waals surface area (Å²) in [6, 6.07) is 15.3. The SMILES string of the molecule is COc1ccc(/C(O)=C/c2nc3ccc(C(=O)NCc4ccncc4)cc3[nH]c2=O)cc1. The van der Waals surface area contributed by atoms with E-state index in [0.717, 1.165) is 5.56 Å². The molecule has 1 amide bonds. The molecule has 8 nitrogen and oxygen atoms in total. The van der Waals surface area contributed by atoms with Gasteiger partial charge in [0.1, 0.15) is 17.2 Å². The Morgan fingerprint density at radius 1 is 1.09 bits per heavy atom. The predicted octanol–water partition coefficient (Wildman–Crippen LogP) is 3.31. The lowest BCUT2D eigenvalue weighted by Crippen LogP contribution is -2.23. The number of amides is 1. The van der Waals surface area contributed by atoms with Crippen molar-refractivity contribution in [1.82, 2.24) is 20.3 Å². The lowest BCUT2D eigenvalue weighted by Gasteiger charge is -2.07. The van der Waals surface area contributed by atoms with Crippen LogP contribution in [0, 0.1) is 0 Å². The molecule has 0 aliphatic rings. The number of nitrogens with zero attached hydrogens (tertiary/aromatic N) is 2. The van der Waals surface area contributed by atoms with Crippen LogP contribution in [0.4, 0.5) is 0 Å². The number of aromatic nitrogens is 3. The molecule has 2 heterocycles. The highest BCUT2D eigenvalue weighted by atomic mass is 16.5. The van der Waals surface area contributed by atoms with Gasteiger partial charge in [-0.05, 0) is 60.2 Å². The van der Waals surface area contributed by atoms with Crippen LogP contribution in [0.25, 0.3) is 22.9 Å². The maximum Gasteiger partial charge on any atom is 0.274 e. The van der Waals surface area contributed by atoms with Crippen LogP contribution in [-0.2, 0) is 6.54 Å². The highest BCUT2D eigenvalue weighted by molar-refractivity contribution is 5.97. The summed E-state index contributed by atoms with van der Waals surface area (Å²) in [5.41, 5.74) is 2.34. The number of carbonyl (C=O) groups excluding carboxylic acids is 1. The molecular formula is C24H20N4O4. The van der Waals surface area contributed by atoms with Gasteiger partial charge in [0, 0.05) is 36.1 Å². The molecule has 8 heteroatoms. The smallest absolute Gasteiger partial charge is 0.274 e. The number of methoxy groups -OCH3 is 1. The van der Waals surface area contributed by atoms with E-state index >= 15 is 0 Å². The van der Waals surface area contributed by atoms with Gasteiger partial charge in [0.15, 0.2) is 0 Å². The average Bonchev–Trinajstić information content (AvgIpc) is 2.83. The second-order valence-corrected chi connectivity index (χ2v) is 6.98. The van der Waals surface area contributed by atoms with Crippen molar-refractivity contribution in [2.24, 2.45) is 0 Å². The third-order valence-electron chi connectivity index (χ3n) is 4.84. The quantitative estimate of drug-likeness (QED) is 0.406. The fraction of sp³-hybridized carbons (Fsp3) is 0.0833. The molecule has 0 atom stereocenters. The van der Waals surface area contributed by atoms with E-state index in [-0.39, 0.29) is 17.4 Å². The van der Waals surface area contributed by atoms with Crippen LogP contribution >= 0.6 is 0 Å². The largest absolute Gasteiger partial charge is 0.507 e. The van der Waals surface area contributed by atoms with Gasteiger partial charge in [0.05, 0.1) is 18.1 Å². The molecule has 2 aromatic carbocycles. The number of rotatable bonds is 6. The molecule has 0 spiro atoms. The number of hydrogen-bond acceptors (Lipinski definition) is 6. The number of aromatic amines is 1. The minimum atomic E-state index is -0.480. The van der Waals surface area contributed by atoms with Crippen LogP contribution < -0.4 is 15.6 Å². The summed E-state index contributed by atoms with van der Waals surface area (Å²) in [6.07, 6.45) is 4.62. The minimum Gasteiger partial charge on any atom is -0.507 e. The zero-order valence-corrected chi connectivity index (χ0v) is 17.2. The highest BCUT2D eigenvalue weighted by Crippen LogP contribution is 2.19. The Labute approximate surface area is 183 Å². The lowest BCUT2D eigenvalue weighted by atomic mass is 10.1. The zero-order valence-electron chi connectivity index (χ0n) is 17.2. The molecule has 0 saturated carbocycles. The van der Waals surface area contributed by atoms with Crippen molar-refractivity contribution < 1.29 is 14.6 Å². The number of aliphatic hydroxyl groups is 1. The molecule has 0 aliphatic heterocycles. The fourth-order valence-corrected chi connectivity index (χ4v) is 3.10. The van der Waals surface area contributed by atoms with Crippen LogP contribution in [-0.4, -0.2) is 33.1 Å². The normalized spacial score (nSPS) is 11.3. The van der Waals surface area contributed by atoms with Gasteiger partial charge in [-0.1, -0.05) is 0 Å². The first-order chi connectivity index (χ1) is 15.5. The van der Waals surface area contributed by atoms with Crippen molar-refractivity contribution in [2.75, 3.05) is 7.11 Å². The Morgan fingerprint density at radius 2 is 1.81 bits per heavy atom. The molecule has 4 aromatic rings. The molecule has 4 rings (SSSR count). The molecule has 32 heavy (non-hydrogen) atoms. The number of H-pyrrole nitrogens is 1. The van der Waals surface area contributed by atoms with E-state index in [2.05, 4.69) is 20.3 Å². The third kappa shape index (κ3) is 4.65. The Bertz CT molecular complexity index is 1350. The molecule has 0 saturated heterocycles. The van der Waals surface area contributed by atoms with Crippen LogP contribution in [0.5, 0.6) is 5.75 Å². The van der Waals surface area contributed by atoms with E-state index in [4.69, 9.17) is 4.74 Å². The van der Waals surface area contributed by atoms with Crippen molar-refractivity contribution in [1.29, 1.82) is 0 Å². The van der Waals surface area contributed by atoms with Gasteiger partial charge >= 0.3 is 0 Å². The Kier molecular flexibility index (Phi) is 5.94. The number of nitrogens with one attached hydrogen (secondary N) is 2. The molecule has 160 valence electrons. The number of fused-ring (bicyclic) bond motifs is 1. The molecule has 0 unspecified atom stereocenters. The summed E-state index contributed by atoms with van der Waals surface area (Å²) in [5, 5.41) is 13.2. The van der Waals surface area contributed by atoms with E-state index in [1.54, 1.807) is 62.0 Å². The van der Waals surface area contributed by atoms with Gasteiger partial charge in [0.2, 0.25) is 0 Å². The highest BCUT2D eigenvalue weighted by Gasteiger charge is 2.10. The molecule has 3 N–H and O–H groups in total. The van der Waals surface area contributed by atoms with Crippen molar-refractivity contribution in [3.8, 4) is 5.75 Å². The second kappa shape index (κ2) is 9.13. The maximum atomic E-state index is 12.5. The molecule has 0 radical (unpaired) electrons. The van der Waals surface area contributed by atoms with E-state index < -0.39 is 5.56 Å². The van der Waals surface area contributed by atoms with Gasteiger partial charge in [-0.15, -0.1) is 0 Å². The van der Waals surface area contributed by atoms with Crippen molar-refractivity contribution in [3.05, 3.63) is 99.7 Å². The number of aliphatic hydroxyl groups excluding tert-OH is 1. The number of carbonyl (C=O) groups is 1. The van der Waals surface area contributed by atoms with E-state index in [9.17, 15) is 14.7 Å². The number of benzene rings is 2. The minimum absolute atomic E-state index is 0.0562. The Hall–Kier alpha value is -4.46. The molecular weight excluding hydrogens is 408 g/mol. The average molecular weight is 428 g/mol. The monoisotopic (exact) mass is 428 g/mol. The summed E-state index contributed by atoms with van der Waals surface area (Å²) in [4.78, 5) is 36.0. The summed E-state index contributed by atoms with van der Waals surface area (Å²) in [7, 11) is 1.55. The van der Waals surface area contributed by atoms with Crippen LogP contribution in [0.1, 0.15) is 27.2 Å². The van der Waals surface area contributed by atoms with Crippen molar-refractivity contribution in [3.63, 3.8) is 0 Å². The van der Waals surface area contributed by atoms with Crippen LogP contribution in [0.15, 0.2) is 71.8 Å². The first-order valence-electron chi connectivity index (χ1n) is 9.80. The maximum absolute atomic E-state index is 12.5. The van der Waals surface area contributed by atoms with Crippen molar-refractivity contribution >= 4 is 28.8 Å². The van der Waals surface area contributed by atoms with E-state index in [0.29, 0.717) is 34.5 Å². The first-order valence-corrected chi connectivity index (χ1v) is 9.80.